The standard InChI is InChI=1S/C35H48N6O13/c1-17(45)31(40-30(50)11-20(46)10-29-22(14-42)39-35(54-29)21-6-4-5-7-26(21)47)34(53)38-24(16-44)33(52)37-23(15-43)32(51)36-19-8-18-9-27(48)28(49)12-25(18)41(2,3)13-19/h4-7,9,12,17,19-20,22-24,29,31,42-46H,8,10-11,13-16H2,1-3H3,(H6-,36,37,38,39,40,47,48,49,50,51,52,53)/p+1/t17-,19+,20-,22-,23+,24-,29+,31+/m1/s1. The molecule has 0 aliphatic carbocycles. The van der Waals surface area contributed by atoms with Crippen LogP contribution in [0, 0.1) is 0 Å². The molecule has 0 radical (unpaired) electrons. The summed E-state index contributed by atoms with van der Waals surface area (Å²) in [5.74, 6) is -4.44. The molecule has 0 saturated carbocycles. The summed E-state index contributed by atoms with van der Waals surface area (Å²) in [5, 5.41) is 90.1. The number of ether oxygens (including phenoxy) is 1. The van der Waals surface area contributed by atoms with Crippen LogP contribution in [0.4, 0.5) is 5.69 Å². The van der Waals surface area contributed by atoms with Gasteiger partial charge in [-0.25, -0.2) is 4.99 Å². The minimum atomic E-state index is -1.68. The van der Waals surface area contributed by atoms with Gasteiger partial charge in [0.1, 0.15) is 48.3 Å². The van der Waals surface area contributed by atoms with E-state index in [2.05, 4.69) is 26.3 Å². The third kappa shape index (κ3) is 10.1. The first-order valence-electron chi connectivity index (χ1n) is 17.3. The third-order valence-electron chi connectivity index (χ3n) is 9.25. The summed E-state index contributed by atoms with van der Waals surface area (Å²) in [7, 11) is 3.67. The van der Waals surface area contributed by atoms with Crippen molar-refractivity contribution in [2.45, 2.75) is 74.7 Å². The van der Waals surface area contributed by atoms with Crippen molar-refractivity contribution in [3.05, 3.63) is 47.5 Å². The zero-order valence-corrected chi connectivity index (χ0v) is 30.0. The number of para-hydroxylation sites is 1. The van der Waals surface area contributed by atoms with Crippen LogP contribution in [0.2, 0.25) is 0 Å². The highest BCUT2D eigenvalue weighted by atomic mass is 16.5. The molecule has 0 aromatic heterocycles. The average Bonchev–Trinajstić information content (AvgIpc) is 3.50. The lowest BCUT2D eigenvalue weighted by Crippen LogP contribution is -2.62. The summed E-state index contributed by atoms with van der Waals surface area (Å²) in [6.45, 7) is -0.705. The van der Waals surface area contributed by atoms with Gasteiger partial charge in [-0.15, -0.1) is 0 Å². The summed E-state index contributed by atoms with van der Waals surface area (Å²) < 4.78 is 5.99. The fourth-order valence-electron chi connectivity index (χ4n) is 6.48. The molecule has 0 unspecified atom stereocenters. The first-order valence-corrected chi connectivity index (χ1v) is 17.3. The Hall–Kier alpha value is -5.05. The number of nitrogens with one attached hydrogen (secondary N) is 4. The van der Waals surface area contributed by atoms with Crippen LogP contribution in [0.5, 0.6) is 17.2 Å². The molecule has 19 nitrogen and oxygen atoms in total. The highest BCUT2D eigenvalue weighted by Gasteiger charge is 2.38. The van der Waals surface area contributed by atoms with Gasteiger partial charge in [0.05, 0.1) is 64.2 Å². The number of aliphatic hydroxyl groups is 5. The lowest BCUT2D eigenvalue weighted by molar-refractivity contribution is -0.136. The average molecular weight is 762 g/mol. The van der Waals surface area contributed by atoms with Gasteiger partial charge >= 0.3 is 0 Å². The molecule has 2 aliphatic heterocycles. The zero-order chi connectivity index (χ0) is 39.9. The minimum absolute atomic E-state index is 0.0521. The van der Waals surface area contributed by atoms with Gasteiger partial charge in [-0.1, -0.05) is 12.1 Å². The van der Waals surface area contributed by atoms with Crippen molar-refractivity contribution in [3.8, 4) is 17.2 Å². The van der Waals surface area contributed by atoms with E-state index < -0.39 is 98.4 Å². The molecule has 8 atom stereocenters. The van der Waals surface area contributed by atoms with Crippen LogP contribution >= 0.6 is 0 Å². The molecular formula is C35H49N6O13+. The minimum Gasteiger partial charge on any atom is -0.507 e. The van der Waals surface area contributed by atoms with Gasteiger partial charge in [-0.3, -0.25) is 23.7 Å². The van der Waals surface area contributed by atoms with Crippen molar-refractivity contribution >= 4 is 35.2 Å². The molecular weight excluding hydrogens is 712 g/mol. The molecule has 4 rings (SSSR count). The number of nitrogens with zero attached hydrogens (tertiary/aromatic N) is 2. The highest BCUT2D eigenvalue weighted by Crippen LogP contribution is 2.38. The quantitative estimate of drug-likeness (QED) is 0.0587. The number of rotatable bonds is 16. The smallest absolute Gasteiger partial charge is 0.245 e. The normalized spacial score (nSPS) is 21.6. The van der Waals surface area contributed by atoms with Crippen molar-refractivity contribution in [1.29, 1.82) is 0 Å². The molecule has 2 heterocycles. The molecule has 54 heavy (non-hydrogen) atoms. The van der Waals surface area contributed by atoms with Gasteiger partial charge < -0.3 is 66.9 Å². The predicted octanol–water partition coefficient (Wildman–Crippen LogP) is -3.42. The number of aliphatic imine (C=N–C) groups is 1. The number of phenolic OH excluding ortho intramolecular Hbond substituents is 3. The SMILES string of the molecule is C[C@@H](O)[C@H](NC(=O)C[C@H](O)C[C@@H]1OC(c2ccccc2O)=N[C@@H]1CO)C(=O)N[C@H](CO)C(=O)N[C@@H](CO)C(=O)N[C@H]1Cc2cc(O)c(O)cc2[N+](C)(C)C1. The fourth-order valence-corrected chi connectivity index (χ4v) is 6.48. The number of carbonyl (C=O) groups is 4. The molecule has 0 bridgehead atoms. The van der Waals surface area contributed by atoms with E-state index >= 15 is 0 Å². The van der Waals surface area contributed by atoms with Crippen LogP contribution in [-0.2, 0) is 30.3 Å². The predicted molar refractivity (Wildman–Crippen MR) is 191 cm³/mol. The Morgan fingerprint density at radius 3 is 2.15 bits per heavy atom. The first-order chi connectivity index (χ1) is 25.5. The van der Waals surface area contributed by atoms with Crippen LogP contribution in [0.1, 0.15) is 30.9 Å². The van der Waals surface area contributed by atoms with E-state index in [1.54, 1.807) is 18.2 Å². The Labute approximate surface area is 310 Å². The molecule has 2 aromatic carbocycles. The van der Waals surface area contributed by atoms with Gasteiger partial charge in [-0.05, 0) is 25.1 Å². The highest BCUT2D eigenvalue weighted by molar-refractivity contribution is 5.98. The molecule has 12 N–H and O–H groups in total. The Morgan fingerprint density at radius 2 is 1.52 bits per heavy atom. The Balaban J connectivity index is 1.30. The van der Waals surface area contributed by atoms with Gasteiger partial charge in [0, 0.05) is 24.5 Å². The lowest BCUT2D eigenvalue weighted by atomic mass is 9.95. The summed E-state index contributed by atoms with van der Waals surface area (Å²) in [5.41, 5.74) is 1.68. The van der Waals surface area contributed by atoms with Gasteiger partial charge in [0.15, 0.2) is 11.5 Å². The molecule has 19 heteroatoms. The number of hydrogen-bond acceptors (Lipinski definition) is 14. The number of carbonyl (C=O) groups excluding carboxylic acids is 4. The zero-order valence-electron chi connectivity index (χ0n) is 30.0. The van der Waals surface area contributed by atoms with Crippen molar-refractivity contribution in [2.75, 3.05) is 40.5 Å². The van der Waals surface area contributed by atoms with Crippen molar-refractivity contribution in [2.24, 2.45) is 4.99 Å². The van der Waals surface area contributed by atoms with E-state index in [4.69, 9.17) is 4.74 Å². The van der Waals surface area contributed by atoms with E-state index in [1.165, 1.54) is 25.1 Å². The number of fused-ring (bicyclic) bond motifs is 1. The molecule has 4 amide bonds. The number of quaternary nitrogens is 1. The maximum absolute atomic E-state index is 13.1. The maximum Gasteiger partial charge on any atom is 0.245 e. The number of hydrogen-bond donors (Lipinski definition) is 12. The molecule has 2 aromatic rings. The third-order valence-corrected chi connectivity index (χ3v) is 9.25. The second kappa shape index (κ2) is 17.9. The first kappa shape index (κ1) is 41.7. The van der Waals surface area contributed by atoms with E-state index in [1.807, 2.05) is 14.1 Å². The number of phenols is 3. The van der Waals surface area contributed by atoms with Gasteiger partial charge in [0.25, 0.3) is 0 Å². The van der Waals surface area contributed by atoms with E-state index in [9.17, 15) is 60.0 Å². The van der Waals surface area contributed by atoms with Crippen molar-refractivity contribution in [1.82, 2.24) is 25.8 Å². The molecule has 2 aliphatic rings. The summed E-state index contributed by atoms with van der Waals surface area (Å²) in [6, 6.07) is 2.96. The lowest BCUT2D eigenvalue weighted by Gasteiger charge is -2.39. The summed E-state index contributed by atoms with van der Waals surface area (Å²) in [4.78, 5) is 56.4. The van der Waals surface area contributed by atoms with Crippen LogP contribution < -0.4 is 25.8 Å². The molecule has 0 saturated heterocycles. The Bertz CT molecular complexity index is 1720. The second-order valence-electron chi connectivity index (χ2n) is 14.0. The monoisotopic (exact) mass is 761 g/mol. The Kier molecular flexibility index (Phi) is 13.8. The van der Waals surface area contributed by atoms with E-state index in [-0.39, 0.29) is 46.0 Å². The molecule has 0 spiro atoms. The van der Waals surface area contributed by atoms with Crippen LogP contribution in [0.25, 0.3) is 0 Å². The van der Waals surface area contributed by atoms with Crippen LogP contribution in [0.15, 0.2) is 41.4 Å². The maximum atomic E-state index is 13.1. The summed E-state index contributed by atoms with van der Waals surface area (Å²) >= 11 is 0. The van der Waals surface area contributed by atoms with Crippen LogP contribution in [-0.4, -0.2) is 159 Å². The number of benzene rings is 2. The number of aliphatic hydroxyl groups excluding tert-OH is 5. The number of likely N-dealkylation sites (N-methyl/N-ethyl adjacent to an activating group) is 1. The largest absolute Gasteiger partial charge is 0.507 e. The number of aromatic hydroxyl groups is 3. The van der Waals surface area contributed by atoms with E-state index in [0.717, 1.165) is 5.69 Å². The fraction of sp³-hybridized carbons (Fsp3) is 0.514. The Morgan fingerprint density at radius 1 is 0.889 bits per heavy atom. The topological polar surface area (TPSA) is 300 Å². The van der Waals surface area contributed by atoms with E-state index in [0.29, 0.717) is 12.1 Å². The second-order valence-corrected chi connectivity index (χ2v) is 14.0. The molecule has 0 fully saturated rings. The number of amides is 4. The summed E-state index contributed by atoms with van der Waals surface area (Å²) in [6.07, 6.45) is -4.18. The molecule has 296 valence electrons. The van der Waals surface area contributed by atoms with Gasteiger partial charge in [0.2, 0.25) is 29.5 Å². The van der Waals surface area contributed by atoms with Crippen LogP contribution in [0.3, 0.4) is 0 Å². The van der Waals surface area contributed by atoms with Crippen molar-refractivity contribution < 1.29 is 64.8 Å². The van der Waals surface area contributed by atoms with Gasteiger partial charge in [-0.2, -0.15) is 0 Å². The van der Waals surface area contributed by atoms with Crippen molar-refractivity contribution in [3.63, 3.8) is 0 Å².